The van der Waals surface area contributed by atoms with E-state index >= 15 is 0 Å². The molecule has 1 saturated carbocycles. The van der Waals surface area contributed by atoms with E-state index in [4.69, 9.17) is 0 Å². The third-order valence-electron chi connectivity index (χ3n) is 7.30. The van der Waals surface area contributed by atoms with Crippen LogP contribution in [0.25, 0.3) is 16.8 Å². The van der Waals surface area contributed by atoms with Crippen LogP contribution in [-0.2, 0) is 15.4 Å². The summed E-state index contributed by atoms with van der Waals surface area (Å²) in [6, 6.07) is 17.4. The number of piperidine rings is 1. The van der Waals surface area contributed by atoms with Crippen molar-refractivity contribution in [3.05, 3.63) is 78.9 Å². The van der Waals surface area contributed by atoms with E-state index in [1.165, 1.54) is 0 Å². The van der Waals surface area contributed by atoms with Crippen LogP contribution >= 0.6 is 0 Å². The molecule has 0 unspecified atom stereocenters. The molecule has 1 saturated heterocycles. The van der Waals surface area contributed by atoms with E-state index in [9.17, 15) is 13.7 Å². The topological polar surface area (TPSA) is 103 Å². The van der Waals surface area contributed by atoms with E-state index < -0.39 is 10.0 Å². The number of imidazole rings is 1. The second-order valence-electron chi connectivity index (χ2n) is 9.58. The van der Waals surface area contributed by atoms with Crippen molar-refractivity contribution < 1.29 is 8.42 Å². The van der Waals surface area contributed by atoms with Crippen LogP contribution in [-0.4, -0.2) is 46.2 Å². The Bertz CT molecular complexity index is 1540. The van der Waals surface area contributed by atoms with Crippen molar-refractivity contribution >= 4 is 21.5 Å². The normalized spacial score (nSPS) is 18.1. The molecular weight excluding hydrogens is 472 g/mol. The van der Waals surface area contributed by atoms with E-state index in [0.29, 0.717) is 30.8 Å². The van der Waals surface area contributed by atoms with Crippen molar-refractivity contribution in [2.75, 3.05) is 18.4 Å². The lowest BCUT2D eigenvalue weighted by Gasteiger charge is -2.32. The van der Waals surface area contributed by atoms with Gasteiger partial charge < -0.3 is 9.72 Å². The van der Waals surface area contributed by atoms with Gasteiger partial charge in [-0.3, -0.25) is 0 Å². The van der Waals surface area contributed by atoms with Crippen LogP contribution in [0.4, 0.5) is 5.82 Å². The SMILES string of the molecule is N#CC1(c2ccc(NC3CCN(S(=O)(=O)c4ccc(-c5ccc6nccn6c5)cc4)CC3)nc2)CC1. The Hall–Kier alpha value is -3.74. The Balaban J connectivity index is 1.08. The molecule has 1 aromatic carbocycles. The molecule has 0 spiro atoms. The van der Waals surface area contributed by atoms with Crippen LogP contribution in [0.1, 0.15) is 31.2 Å². The van der Waals surface area contributed by atoms with Crippen molar-refractivity contribution in [2.24, 2.45) is 0 Å². The lowest BCUT2D eigenvalue weighted by Crippen LogP contribution is -2.42. The number of rotatable bonds is 6. The fourth-order valence-corrected chi connectivity index (χ4v) is 6.33. The Labute approximate surface area is 210 Å². The van der Waals surface area contributed by atoms with Crippen LogP contribution in [0.3, 0.4) is 0 Å². The van der Waals surface area contributed by atoms with E-state index in [2.05, 4.69) is 21.4 Å². The summed E-state index contributed by atoms with van der Waals surface area (Å²) in [6.45, 7) is 0.906. The van der Waals surface area contributed by atoms with Crippen LogP contribution in [0.15, 0.2) is 78.2 Å². The molecular formula is C27H26N6O2S. The molecule has 1 aliphatic heterocycles. The second kappa shape index (κ2) is 8.73. The first-order valence-electron chi connectivity index (χ1n) is 12.1. The third kappa shape index (κ3) is 4.12. The van der Waals surface area contributed by atoms with Crippen molar-refractivity contribution in [3.8, 4) is 17.2 Å². The standard InChI is InChI=1S/C27H26N6O2S/c28-19-27(11-12-27)22-4-7-25(30-17-22)31-23-9-14-33(15-10-23)36(34,35)24-5-1-20(2-6-24)21-3-8-26-29-13-16-32(26)18-21/h1-8,13,16-18,23H,9-12,14-15H2,(H,30,31). The fraction of sp³-hybridized carbons (Fsp3) is 0.296. The number of pyridine rings is 2. The lowest BCUT2D eigenvalue weighted by atomic mass is 10.00. The van der Waals surface area contributed by atoms with Gasteiger partial charge in [0.05, 0.1) is 16.4 Å². The predicted molar refractivity (Wildman–Crippen MR) is 137 cm³/mol. The summed E-state index contributed by atoms with van der Waals surface area (Å²) in [5, 5.41) is 12.8. The van der Waals surface area contributed by atoms with E-state index in [0.717, 1.165) is 41.0 Å². The van der Waals surface area contributed by atoms with Gasteiger partial charge >= 0.3 is 0 Å². The highest BCUT2D eigenvalue weighted by atomic mass is 32.2. The summed E-state index contributed by atoms with van der Waals surface area (Å²) in [5.74, 6) is 0.762. The van der Waals surface area contributed by atoms with Gasteiger partial charge in [-0.1, -0.05) is 18.2 Å². The number of hydrogen-bond acceptors (Lipinski definition) is 6. The minimum absolute atomic E-state index is 0.154. The van der Waals surface area contributed by atoms with Gasteiger partial charge in [0.25, 0.3) is 0 Å². The molecule has 4 aromatic rings. The number of sulfonamides is 1. The van der Waals surface area contributed by atoms with Crippen LogP contribution in [0.2, 0.25) is 0 Å². The zero-order valence-electron chi connectivity index (χ0n) is 19.7. The van der Waals surface area contributed by atoms with Crippen LogP contribution < -0.4 is 5.32 Å². The maximum atomic E-state index is 13.3. The average molecular weight is 499 g/mol. The van der Waals surface area contributed by atoms with Crippen molar-refractivity contribution in [1.82, 2.24) is 18.7 Å². The Morgan fingerprint density at radius 3 is 2.39 bits per heavy atom. The monoisotopic (exact) mass is 498 g/mol. The summed E-state index contributed by atoms with van der Waals surface area (Å²) < 4.78 is 30.0. The first-order chi connectivity index (χ1) is 17.5. The molecule has 1 aliphatic carbocycles. The molecule has 0 atom stereocenters. The Morgan fingerprint density at radius 1 is 0.972 bits per heavy atom. The van der Waals surface area contributed by atoms with Gasteiger partial charge in [0.1, 0.15) is 11.5 Å². The third-order valence-corrected chi connectivity index (χ3v) is 9.21. The minimum Gasteiger partial charge on any atom is -0.367 e. The molecule has 0 bridgehead atoms. The summed E-state index contributed by atoms with van der Waals surface area (Å²) in [5.41, 5.74) is 3.46. The van der Waals surface area contributed by atoms with Gasteiger partial charge in [-0.25, -0.2) is 18.4 Å². The number of fused-ring (bicyclic) bond motifs is 1. The molecule has 1 N–H and O–H groups in total. The molecule has 182 valence electrons. The lowest BCUT2D eigenvalue weighted by molar-refractivity contribution is 0.329. The zero-order valence-corrected chi connectivity index (χ0v) is 20.5. The highest BCUT2D eigenvalue weighted by Gasteiger charge is 2.45. The molecule has 0 amide bonds. The van der Waals surface area contributed by atoms with Gasteiger partial charge in [-0.05, 0) is 72.7 Å². The van der Waals surface area contributed by atoms with E-state index in [1.807, 2.05) is 53.2 Å². The first-order valence-corrected chi connectivity index (χ1v) is 13.6. The molecule has 9 heteroatoms. The molecule has 4 heterocycles. The van der Waals surface area contributed by atoms with E-state index in [1.54, 1.807) is 28.8 Å². The van der Waals surface area contributed by atoms with Gasteiger partial charge in [0.2, 0.25) is 10.0 Å². The summed E-state index contributed by atoms with van der Waals surface area (Å²) in [7, 11) is -3.56. The summed E-state index contributed by atoms with van der Waals surface area (Å²) >= 11 is 0. The minimum atomic E-state index is -3.56. The maximum Gasteiger partial charge on any atom is 0.243 e. The van der Waals surface area contributed by atoms with Crippen LogP contribution in [0.5, 0.6) is 0 Å². The quantitative estimate of drug-likeness (QED) is 0.427. The maximum absolute atomic E-state index is 13.3. The van der Waals surface area contributed by atoms with Gasteiger partial charge in [0.15, 0.2) is 0 Å². The van der Waals surface area contributed by atoms with E-state index in [-0.39, 0.29) is 11.5 Å². The van der Waals surface area contributed by atoms with Gasteiger partial charge in [0, 0.05) is 43.9 Å². The van der Waals surface area contributed by atoms with Crippen LogP contribution in [0, 0.1) is 11.3 Å². The van der Waals surface area contributed by atoms with Gasteiger partial charge in [-0.15, -0.1) is 0 Å². The summed E-state index contributed by atoms with van der Waals surface area (Å²) in [6.07, 6.45) is 10.6. The first kappa shape index (κ1) is 22.7. The van der Waals surface area contributed by atoms with Gasteiger partial charge in [-0.2, -0.15) is 9.57 Å². The number of nitriles is 1. The molecule has 6 rings (SSSR count). The highest BCUT2D eigenvalue weighted by molar-refractivity contribution is 7.89. The highest BCUT2D eigenvalue weighted by Crippen LogP contribution is 2.47. The molecule has 3 aromatic heterocycles. The Morgan fingerprint density at radius 2 is 1.72 bits per heavy atom. The number of nitrogens with one attached hydrogen (secondary N) is 1. The molecule has 36 heavy (non-hydrogen) atoms. The Kier molecular flexibility index (Phi) is 5.51. The average Bonchev–Trinajstić information content (AvgIpc) is 3.58. The molecule has 2 fully saturated rings. The number of benzene rings is 1. The smallest absolute Gasteiger partial charge is 0.243 e. The number of aromatic nitrogens is 3. The zero-order chi connectivity index (χ0) is 24.8. The molecule has 2 aliphatic rings. The molecule has 8 nitrogen and oxygen atoms in total. The second-order valence-corrected chi connectivity index (χ2v) is 11.5. The number of hydrogen-bond donors (Lipinski definition) is 1. The summed E-state index contributed by atoms with van der Waals surface area (Å²) in [4.78, 5) is 9.06. The largest absolute Gasteiger partial charge is 0.367 e. The van der Waals surface area contributed by atoms with Crippen molar-refractivity contribution in [2.45, 2.75) is 42.0 Å². The van der Waals surface area contributed by atoms with Crippen molar-refractivity contribution in [1.29, 1.82) is 5.26 Å². The molecule has 0 radical (unpaired) electrons. The number of nitrogens with zero attached hydrogens (tertiary/aromatic N) is 5. The predicted octanol–water partition coefficient (Wildman–Crippen LogP) is 4.22. The van der Waals surface area contributed by atoms with Crippen molar-refractivity contribution in [3.63, 3.8) is 0 Å². The fourth-order valence-electron chi connectivity index (χ4n) is 4.86. The number of anilines is 1.